The van der Waals surface area contributed by atoms with Crippen LogP contribution < -0.4 is 38.7 Å². The number of benzene rings is 2. The summed E-state index contributed by atoms with van der Waals surface area (Å²) in [7, 11) is 0. The van der Waals surface area contributed by atoms with E-state index in [0.717, 1.165) is 24.0 Å². The molecule has 2 atom stereocenters. The van der Waals surface area contributed by atoms with Crippen LogP contribution in [0.15, 0.2) is 70.4 Å². The molecule has 0 bridgehead atoms. The maximum absolute atomic E-state index is 15.1. The van der Waals surface area contributed by atoms with E-state index < -0.39 is 11.5 Å². The molecule has 252 valence electrons. The van der Waals surface area contributed by atoms with Crippen molar-refractivity contribution in [2.75, 3.05) is 18.4 Å². The van der Waals surface area contributed by atoms with E-state index in [1.54, 1.807) is 30.5 Å². The van der Waals surface area contributed by atoms with E-state index in [4.69, 9.17) is 28.5 Å². The van der Waals surface area contributed by atoms with Crippen LogP contribution >= 0.6 is 11.6 Å². The number of nitrogens with zero attached hydrogens (tertiary/aromatic N) is 3. The highest BCUT2D eigenvalue weighted by Crippen LogP contribution is 2.31. The van der Waals surface area contributed by atoms with E-state index in [9.17, 15) is 9.59 Å². The van der Waals surface area contributed by atoms with Crippen LogP contribution in [0.4, 0.5) is 10.2 Å². The molecule has 3 heterocycles. The van der Waals surface area contributed by atoms with Crippen molar-refractivity contribution in [3.05, 3.63) is 104 Å². The number of guanidine groups is 1. The van der Waals surface area contributed by atoms with Gasteiger partial charge in [0.2, 0.25) is 0 Å². The molecule has 0 unspecified atom stereocenters. The summed E-state index contributed by atoms with van der Waals surface area (Å²) < 4.78 is 16.6. The lowest BCUT2D eigenvalue weighted by Gasteiger charge is -2.20. The molecule has 5 aromatic rings. The first-order valence-electron chi connectivity index (χ1n) is 15.6. The highest BCUT2D eigenvalue weighted by Gasteiger charge is 2.16. The van der Waals surface area contributed by atoms with Crippen molar-refractivity contribution in [3.63, 3.8) is 0 Å². The van der Waals surface area contributed by atoms with Crippen LogP contribution in [-0.2, 0) is 13.0 Å². The predicted molar refractivity (Wildman–Crippen MR) is 187 cm³/mol. The highest BCUT2D eigenvalue weighted by atomic mass is 35.5. The van der Waals surface area contributed by atoms with Gasteiger partial charge in [-0.25, -0.2) is 14.3 Å². The van der Waals surface area contributed by atoms with E-state index in [1.165, 1.54) is 10.6 Å². The van der Waals surface area contributed by atoms with Gasteiger partial charge in [-0.3, -0.25) is 14.8 Å². The summed E-state index contributed by atoms with van der Waals surface area (Å²) in [4.78, 5) is 31.6. The molecule has 0 radical (unpaired) electrons. The van der Waals surface area contributed by atoms with Crippen molar-refractivity contribution in [1.82, 2.24) is 35.4 Å². The topological polar surface area (TPSA) is 208 Å². The molecule has 10 N–H and O–H groups in total. The largest absolute Gasteiger partial charge is 0.370 e. The number of rotatable bonds is 15. The van der Waals surface area contributed by atoms with Crippen molar-refractivity contribution in [1.29, 1.82) is 5.41 Å². The van der Waals surface area contributed by atoms with Gasteiger partial charge in [0.05, 0.1) is 16.4 Å². The molecular formula is C33H39ClFN11O2. The number of aryl methyl sites for hydroxylation is 1. The average molecular weight is 676 g/mol. The molecule has 0 saturated carbocycles. The van der Waals surface area contributed by atoms with Gasteiger partial charge in [-0.1, -0.05) is 23.7 Å². The van der Waals surface area contributed by atoms with Crippen LogP contribution in [0.25, 0.3) is 28.0 Å². The Morgan fingerprint density at radius 2 is 1.90 bits per heavy atom. The SMILES string of the molecule is C[C@H](N)CCCc1cc(Cl)c(F)c(-c2cc3cn(-c4ccc(CN[C@H](CCNC(=N)N)CNc5ccc(=O)[nH]n5)cc4)c(=O)nc3[nH]2)c1. The Balaban J connectivity index is 1.29. The molecule has 15 heteroatoms. The number of aromatic amines is 2. The van der Waals surface area contributed by atoms with Crippen LogP contribution in [0.5, 0.6) is 0 Å². The Labute approximate surface area is 280 Å². The van der Waals surface area contributed by atoms with Gasteiger partial charge in [0.1, 0.15) is 11.5 Å². The number of hydrogen-bond acceptors (Lipinski definition) is 8. The zero-order valence-corrected chi connectivity index (χ0v) is 27.2. The van der Waals surface area contributed by atoms with Crippen molar-refractivity contribution >= 4 is 34.4 Å². The minimum atomic E-state index is -0.542. The van der Waals surface area contributed by atoms with Gasteiger partial charge < -0.3 is 32.4 Å². The molecule has 48 heavy (non-hydrogen) atoms. The minimum Gasteiger partial charge on any atom is -0.370 e. The maximum Gasteiger partial charge on any atom is 0.354 e. The Hall–Kier alpha value is -5.05. The molecule has 5 rings (SSSR count). The number of fused-ring (bicyclic) bond motifs is 1. The fourth-order valence-electron chi connectivity index (χ4n) is 5.30. The number of hydrogen-bond donors (Lipinski definition) is 8. The third kappa shape index (κ3) is 9.06. The summed E-state index contributed by atoms with van der Waals surface area (Å²) >= 11 is 6.25. The summed E-state index contributed by atoms with van der Waals surface area (Å²) in [6.45, 7) is 3.47. The van der Waals surface area contributed by atoms with E-state index in [-0.39, 0.29) is 28.6 Å². The van der Waals surface area contributed by atoms with Gasteiger partial charge >= 0.3 is 5.69 Å². The Morgan fingerprint density at radius 3 is 2.60 bits per heavy atom. The van der Waals surface area contributed by atoms with Gasteiger partial charge in [0, 0.05) is 54.9 Å². The fourth-order valence-corrected chi connectivity index (χ4v) is 5.54. The van der Waals surface area contributed by atoms with Crippen LogP contribution in [0, 0.1) is 11.2 Å². The zero-order valence-electron chi connectivity index (χ0n) is 26.4. The van der Waals surface area contributed by atoms with Gasteiger partial charge in [-0.05, 0) is 80.1 Å². The van der Waals surface area contributed by atoms with Crippen molar-refractivity contribution < 1.29 is 4.39 Å². The first-order chi connectivity index (χ1) is 23.0. The molecule has 0 aliphatic carbocycles. The molecule has 0 saturated heterocycles. The third-order valence-corrected chi connectivity index (χ3v) is 8.11. The smallest absolute Gasteiger partial charge is 0.354 e. The molecule has 0 aliphatic heterocycles. The Bertz CT molecular complexity index is 1970. The number of H-pyrrole nitrogens is 2. The lowest BCUT2D eigenvalue weighted by Crippen LogP contribution is -2.40. The van der Waals surface area contributed by atoms with E-state index in [0.29, 0.717) is 66.3 Å². The van der Waals surface area contributed by atoms with E-state index in [1.807, 2.05) is 31.2 Å². The lowest BCUT2D eigenvalue weighted by atomic mass is 10.0. The Kier molecular flexibility index (Phi) is 11.2. The molecule has 0 spiro atoms. The second-order valence-corrected chi connectivity index (χ2v) is 12.2. The zero-order chi connectivity index (χ0) is 34.2. The van der Waals surface area contributed by atoms with Crippen LogP contribution in [0.1, 0.15) is 37.3 Å². The van der Waals surface area contributed by atoms with Gasteiger partial charge in [-0.15, -0.1) is 0 Å². The monoisotopic (exact) mass is 675 g/mol. The average Bonchev–Trinajstić information content (AvgIpc) is 3.46. The van der Waals surface area contributed by atoms with Crippen LogP contribution in [-0.4, -0.2) is 55.9 Å². The molecule has 3 aromatic heterocycles. The number of nitrogens with one attached hydrogen (secondary N) is 6. The van der Waals surface area contributed by atoms with Crippen molar-refractivity contribution in [3.8, 4) is 16.9 Å². The number of aromatic nitrogens is 5. The van der Waals surface area contributed by atoms with Crippen LogP contribution in [0.2, 0.25) is 5.02 Å². The molecule has 0 aliphatic rings. The Morgan fingerprint density at radius 1 is 1.10 bits per heavy atom. The minimum absolute atomic E-state index is 0.0303. The number of halogens is 2. The molecule has 13 nitrogen and oxygen atoms in total. The number of nitrogens with two attached hydrogens (primary N) is 2. The van der Waals surface area contributed by atoms with E-state index in [2.05, 4.69) is 36.1 Å². The van der Waals surface area contributed by atoms with Crippen molar-refractivity contribution in [2.45, 2.75) is 51.2 Å². The second-order valence-electron chi connectivity index (χ2n) is 11.7. The second kappa shape index (κ2) is 15.7. The standard InChI is InChI=1S/C33H39ClFN11O2/c1-19(36)3-2-4-21-13-25(30(35)26(34)14-21)27-15-22-18-46(33(48)43-31(22)42-27)24-7-5-20(6-8-24)16-40-23(11-12-39-32(37)38)17-41-28-9-10-29(47)45-44-28/h5-10,13-15,18-19,23,40H,2-4,11-12,16-17,36H2,1H3,(H,41,44)(H,45,47)(H4,37,38,39)(H,42,43,48)/t19-,23+/m0/s1. The summed E-state index contributed by atoms with van der Waals surface area (Å²) in [6, 6.07) is 15.7. The number of anilines is 1. The first-order valence-corrected chi connectivity index (χ1v) is 16.0. The summed E-state index contributed by atoms with van der Waals surface area (Å²) in [5.41, 5.74) is 14.2. The normalized spacial score (nSPS) is 12.6. The summed E-state index contributed by atoms with van der Waals surface area (Å²) in [5.74, 6) is -0.112. The van der Waals surface area contributed by atoms with Gasteiger partial charge in [0.15, 0.2) is 11.8 Å². The quantitative estimate of drug-likeness (QED) is 0.0603. The first kappa shape index (κ1) is 34.3. The predicted octanol–water partition coefficient (Wildman–Crippen LogP) is 3.37. The maximum atomic E-state index is 15.1. The van der Waals surface area contributed by atoms with Crippen LogP contribution in [0.3, 0.4) is 0 Å². The van der Waals surface area contributed by atoms with Gasteiger partial charge in [0.25, 0.3) is 5.56 Å². The third-order valence-electron chi connectivity index (χ3n) is 7.84. The molecular weight excluding hydrogens is 637 g/mol. The van der Waals surface area contributed by atoms with Gasteiger partial charge in [-0.2, -0.15) is 10.1 Å². The lowest BCUT2D eigenvalue weighted by molar-refractivity contribution is 0.493. The van der Waals surface area contributed by atoms with Crippen molar-refractivity contribution in [2.24, 2.45) is 11.5 Å². The summed E-state index contributed by atoms with van der Waals surface area (Å²) in [6.07, 6.45) is 4.75. The molecule has 2 aromatic carbocycles. The molecule has 0 fully saturated rings. The fraction of sp³-hybridized carbons (Fsp3) is 0.303. The summed E-state index contributed by atoms with van der Waals surface area (Å²) in [5, 5.41) is 24.0. The van der Waals surface area contributed by atoms with E-state index >= 15 is 4.39 Å². The highest BCUT2D eigenvalue weighted by molar-refractivity contribution is 6.31. The molecule has 0 amide bonds.